The number of rotatable bonds is 4. The molecule has 33 heavy (non-hydrogen) atoms. The van der Waals surface area contributed by atoms with E-state index in [0.29, 0.717) is 60.8 Å². The van der Waals surface area contributed by atoms with Gasteiger partial charge in [0.1, 0.15) is 17.7 Å². The van der Waals surface area contributed by atoms with E-state index in [-0.39, 0.29) is 28.4 Å². The second-order valence-electron chi connectivity index (χ2n) is 8.13. The number of morpholine rings is 1. The summed E-state index contributed by atoms with van der Waals surface area (Å²) in [6.45, 7) is 4.23. The van der Waals surface area contributed by atoms with Crippen LogP contribution in [0.3, 0.4) is 0 Å². The van der Waals surface area contributed by atoms with Crippen molar-refractivity contribution < 1.29 is 17.6 Å². The van der Waals surface area contributed by atoms with Gasteiger partial charge in [-0.3, -0.25) is 4.79 Å². The quantitative estimate of drug-likeness (QED) is 0.448. The molecular formula is C22H23N5O5S. The average molecular weight is 470 g/mol. The Balaban J connectivity index is 1.45. The highest BCUT2D eigenvalue weighted by molar-refractivity contribution is 7.90. The zero-order valence-corrected chi connectivity index (χ0v) is 18.9. The Labute approximate surface area is 190 Å². The second-order valence-corrected chi connectivity index (χ2v) is 10.3. The van der Waals surface area contributed by atoms with Crippen molar-refractivity contribution in [3.05, 3.63) is 57.1 Å². The van der Waals surface area contributed by atoms with Crippen molar-refractivity contribution in [2.75, 3.05) is 42.4 Å². The van der Waals surface area contributed by atoms with Gasteiger partial charge in [-0.25, -0.2) is 18.8 Å². The van der Waals surface area contributed by atoms with E-state index in [1.165, 1.54) is 12.5 Å². The molecule has 2 aliphatic heterocycles. The minimum atomic E-state index is -3.18. The molecule has 1 N–H and O–H groups in total. The summed E-state index contributed by atoms with van der Waals surface area (Å²) in [6, 6.07) is 5.42. The predicted octanol–water partition coefficient (Wildman–Crippen LogP) is 1.64. The normalized spacial score (nSPS) is 17.9. The number of aromatic nitrogens is 2. The number of ether oxygens (including phenoxy) is 1. The highest BCUT2D eigenvalue weighted by Gasteiger charge is 2.29. The van der Waals surface area contributed by atoms with Crippen molar-refractivity contribution in [1.29, 1.82) is 0 Å². The molecule has 2 aliphatic rings. The average Bonchev–Trinajstić information content (AvgIpc) is 2.81. The van der Waals surface area contributed by atoms with Gasteiger partial charge in [0, 0.05) is 25.1 Å². The lowest BCUT2D eigenvalue weighted by molar-refractivity contribution is 0.122. The maximum absolute atomic E-state index is 12.8. The van der Waals surface area contributed by atoms with Gasteiger partial charge in [-0.05, 0) is 19.1 Å². The lowest BCUT2D eigenvalue weighted by atomic mass is 10.1. The number of benzene rings is 1. The largest absolute Gasteiger partial charge is 0.463 e. The summed E-state index contributed by atoms with van der Waals surface area (Å²) in [5.41, 5.74) is 5.70. The van der Waals surface area contributed by atoms with E-state index < -0.39 is 9.84 Å². The monoisotopic (exact) mass is 469 g/mol. The second kappa shape index (κ2) is 8.56. The summed E-state index contributed by atoms with van der Waals surface area (Å²) in [5, 5.41) is 4.63. The number of sulfone groups is 1. The van der Waals surface area contributed by atoms with Gasteiger partial charge in [0.25, 0.3) is 0 Å². The molecule has 0 radical (unpaired) electrons. The Kier molecular flexibility index (Phi) is 5.59. The molecule has 0 saturated carbocycles. The highest BCUT2D eigenvalue weighted by atomic mass is 32.2. The van der Waals surface area contributed by atoms with Crippen LogP contribution in [0, 0.1) is 6.92 Å². The zero-order chi connectivity index (χ0) is 23.0. The molecule has 2 aromatic heterocycles. The summed E-state index contributed by atoms with van der Waals surface area (Å²) in [7, 11) is -3.18. The van der Waals surface area contributed by atoms with Crippen molar-refractivity contribution in [2.45, 2.75) is 19.1 Å². The van der Waals surface area contributed by atoms with Crippen molar-refractivity contribution >= 4 is 38.8 Å². The smallest absolute Gasteiger partial charge is 0.245 e. The van der Waals surface area contributed by atoms with Gasteiger partial charge in [-0.1, -0.05) is 11.6 Å². The minimum absolute atomic E-state index is 0.0554. The van der Waals surface area contributed by atoms with Gasteiger partial charge in [-0.2, -0.15) is 10.1 Å². The molecule has 0 atom stereocenters. The Morgan fingerprint density at radius 3 is 2.85 bits per heavy atom. The molecule has 1 fully saturated rings. The number of aryl methyl sites for hydroxylation is 2. The lowest BCUT2D eigenvalue weighted by Gasteiger charge is -2.31. The molecule has 0 bridgehead atoms. The van der Waals surface area contributed by atoms with Crippen LogP contribution in [-0.2, 0) is 26.7 Å². The number of hydrogen-bond donors (Lipinski definition) is 1. The molecule has 11 heteroatoms. The first-order chi connectivity index (χ1) is 15.9. The lowest BCUT2D eigenvalue weighted by Crippen LogP contribution is -2.38. The first-order valence-corrected chi connectivity index (χ1v) is 12.5. The summed E-state index contributed by atoms with van der Waals surface area (Å²) in [5.74, 6) is 0.812. The third kappa shape index (κ3) is 4.46. The molecule has 3 aromatic rings. The van der Waals surface area contributed by atoms with Gasteiger partial charge in [0.05, 0.1) is 47.6 Å². The fourth-order valence-corrected chi connectivity index (χ4v) is 5.40. The number of nitrogens with zero attached hydrogens (tertiary/aromatic N) is 4. The molecule has 0 spiro atoms. The molecule has 172 valence electrons. The topological polar surface area (TPSA) is 127 Å². The van der Waals surface area contributed by atoms with Crippen LogP contribution in [-0.4, -0.2) is 56.7 Å². The predicted molar refractivity (Wildman–Crippen MR) is 125 cm³/mol. The minimum Gasteiger partial charge on any atom is -0.463 e. The molecule has 1 aromatic carbocycles. The maximum atomic E-state index is 12.8. The highest BCUT2D eigenvalue weighted by Crippen LogP contribution is 2.29. The number of nitrogens with one attached hydrogen (secondary N) is 1. The van der Waals surface area contributed by atoms with Crippen molar-refractivity contribution in [1.82, 2.24) is 9.97 Å². The molecule has 10 nitrogen and oxygen atoms in total. The van der Waals surface area contributed by atoms with Crippen molar-refractivity contribution in [2.24, 2.45) is 5.10 Å². The molecular weight excluding hydrogens is 446 g/mol. The van der Waals surface area contributed by atoms with Gasteiger partial charge in [0.15, 0.2) is 9.84 Å². The number of hydrazone groups is 1. The van der Waals surface area contributed by atoms with Crippen LogP contribution in [0.1, 0.15) is 22.4 Å². The van der Waals surface area contributed by atoms with E-state index in [1.807, 2.05) is 17.9 Å². The number of hydrogen-bond acceptors (Lipinski definition) is 10. The van der Waals surface area contributed by atoms with Crippen LogP contribution in [0.2, 0.25) is 0 Å². The Morgan fingerprint density at radius 2 is 2.03 bits per heavy atom. The first-order valence-electron chi connectivity index (χ1n) is 10.6. The van der Waals surface area contributed by atoms with Crippen LogP contribution < -0.4 is 15.8 Å². The van der Waals surface area contributed by atoms with Crippen molar-refractivity contribution in [3.8, 4) is 0 Å². The molecule has 5 rings (SSSR count). The third-order valence-electron chi connectivity index (χ3n) is 5.72. The van der Waals surface area contributed by atoms with Crippen LogP contribution >= 0.6 is 0 Å². The van der Waals surface area contributed by atoms with Crippen LogP contribution in [0.15, 0.2) is 38.8 Å². The fourth-order valence-electron chi connectivity index (χ4n) is 4.01. The van der Waals surface area contributed by atoms with Gasteiger partial charge >= 0.3 is 0 Å². The van der Waals surface area contributed by atoms with Gasteiger partial charge < -0.3 is 14.1 Å². The molecule has 1 saturated heterocycles. The number of anilines is 2. The van der Waals surface area contributed by atoms with Crippen LogP contribution in [0.25, 0.3) is 11.0 Å². The standard InChI is InChI=1S/C22H23N5O5S/c1-14-2-3-19-16(10-14)20(28)15(12-32-19)11-23-26-22-24-18-4-9-33(29,30)13-17(18)21(25-22)27-5-7-31-8-6-27/h2-3,10-12H,4-9,13H2,1H3,(H,24,25,26)/b23-11+. The first kappa shape index (κ1) is 21.5. The van der Waals surface area contributed by atoms with Crippen molar-refractivity contribution in [3.63, 3.8) is 0 Å². The Bertz CT molecular complexity index is 1410. The SMILES string of the molecule is Cc1ccc2occ(/C=N/Nc3nc4c(c(N5CCOCC5)n3)CS(=O)(=O)CC4)c(=O)c2c1. The van der Waals surface area contributed by atoms with Crippen LogP contribution in [0.4, 0.5) is 11.8 Å². The Morgan fingerprint density at radius 1 is 1.21 bits per heavy atom. The van der Waals surface area contributed by atoms with E-state index >= 15 is 0 Å². The molecule has 0 aliphatic carbocycles. The maximum Gasteiger partial charge on any atom is 0.245 e. The summed E-state index contributed by atoms with van der Waals surface area (Å²) in [4.78, 5) is 23.8. The van der Waals surface area contributed by atoms with Gasteiger partial charge in [-0.15, -0.1) is 0 Å². The van der Waals surface area contributed by atoms with E-state index in [4.69, 9.17) is 9.15 Å². The third-order valence-corrected chi connectivity index (χ3v) is 7.27. The molecule has 0 amide bonds. The Hall–Kier alpha value is -3.31. The van der Waals surface area contributed by atoms with E-state index in [2.05, 4.69) is 20.5 Å². The number of fused-ring (bicyclic) bond motifs is 2. The van der Waals surface area contributed by atoms with E-state index in [1.54, 1.807) is 12.1 Å². The summed E-state index contributed by atoms with van der Waals surface area (Å²) >= 11 is 0. The molecule has 0 unspecified atom stereocenters. The molecule has 4 heterocycles. The van der Waals surface area contributed by atoms with Crippen LogP contribution in [0.5, 0.6) is 0 Å². The fraction of sp³-hybridized carbons (Fsp3) is 0.364. The summed E-state index contributed by atoms with van der Waals surface area (Å²) < 4.78 is 35.4. The van der Waals surface area contributed by atoms with E-state index in [0.717, 1.165) is 5.56 Å². The van der Waals surface area contributed by atoms with E-state index in [9.17, 15) is 13.2 Å². The zero-order valence-electron chi connectivity index (χ0n) is 18.1. The summed E-state index contributed by atoms with van der Waals surface area (Å²) in [6.07, 6.45) is 3.06. The van der Waals surface area contributed by atoms with Gasteiger partial charge in [0.2, 0.25) is 11.4 Å².